The standard InChI is InChI=1S/C18H26ClN3O3.2C2H4O2/c19-13-4-5-14(17(10-13)25-9-3-6-20)18(24)22-11-15(16(23)12-22)21-7-1-2-8-21;2*1-2(3)4/h4-5,10,15-16,23H,1-3,6-9,11-12,20H2;2*1H3,(H,3,4)/t15-,16-;;/m0../s1. The first-order valence-corrected chi connectivity index (χ1v) is 11.2. The maximum atomic E-state index is 13.0. The predicted octanol–water partition coefficient (Wildman–Crippen LogP) is 1.53. The zero-order valence-corrected chi connectivity index (χ0v) is 19.8. The zero-order valence-electron chi connectivity index (χ0n) is 19.1. The van der Waals surface area contributed by atoms with E-state index in [9.17, 15) is 9.90 Å². The lowest BCUT2D eigenvalue weighted by atomic mass is 10.1. The van der Waals surface area contributed by atoms with Crippen LogP contribution in [-0.4, -0.2) is 94.4 Å². The summed E-state index contributed by atoms with van der Waals surface area (Å²) in [6.45, 7) is 6.03. The van der Waals surface area contributed by atoms with Crippen molar-refractivity contribution in [3.05, 3.63) is 28.8 Å². The van der Waals surface area contributed by atoms with E-state index in [0.29, 0.717) is 49.0 Å². The summed E-state index contributed by atoms with van der Waals surface area (Å²) < 4.78 is 5.71. The van der Waals surface area contributed by atoms with Gasteiger partial charge in [-0.2, -0.15) is 0 Å². The van der Waals surface area contributed by atoms with Crippen molar-refractivity contribution in [2.24, 2.45) is 5.73 Å². The van der Waals surface area contributed by atoms with E-state index >= 15 is 0 Å². The number of likely N-dealkylation sites (tertiary alicyclic amines) is 2. The molecular formula is C22H34ClN3O7. The van der Waals surface area contributed by atoms with Crippen LogP contribution in [0.15, 0.2) is 18.2 Å². The van der Waals surface area contributed by atoms with E-state index in [2.05, 4.69) is 4.90 Å². The van der Waals surface area contributed by atoms with E-state index in [4.69, 9.17) is 41.9 Å². The van der Waals surface area contributed by atoms with Gasteiger partial charge in [-0.1, -0.05) is 11.6 Å². The Morgan fingerprint density at radius 1 is 1.12 bits per heavy atom. The van der Waals surface area contributed by atoms with Gasteiger partial charge in [-0.25, -0.2) is 0 Å². The summed E-state index contributed by atoms with van der Waals surface area (Å²) in [5.41, 5.74) is 5.98. The molecule has 0 unspecified atom stereocenters. The van der Waals surface area contributed by atoms with Crippen LogP contribution in [0, 0.1) is 0 Å². The number of ether oxygens (including phenoxy) is 1. The minimum absolute atomic E-state index is 0.0281. The molecule has 0 spiro atoms. The van der Waals surface area contributed by atoms with Crippen molar-refractivity contribution in [3.63, 3.8) is 0 Å². The average Bonchev–Trinajstić information content (AvgIpc) is 3.36. The van der Waals surface area contributed by atoms with Gasteiger partial charge in [0.1, 0.15) is 5.75 Å². The topological polar surface area (TPSA) is 154 Å². The number of aliphatic carboxylic acids is 2. The molecule has 186 valence electrons. The van der Waals surface area contributed by atoms with Crippen LogP contribution < -0.4 is 10.5 Å². The first kappa shape index (κ1) is 28.6. The van der Waals surface area contributed by atoms with Gasteiger partial charge in [0.2, 0.25) is 0 Å². The van der Waals surface area contributed by atoms with Crippen LogP contribution in [-0.2, 0) is 9.59 Å². The lowest BCUT2D eigenvalue weighted by molar-refractivity contribution is -0.135. The fraction of sp³-hybridized carbons (Fsp3) is 0.591. The molecule has 33 heavy (non-hydrogen) atoms. The number of halogens is 1. The van der Waals surface area contributed by atoms with Crippen LogP contribution in [0.4, 0.5) is 0 Å². The van der Waals surface area contributed by atoms with Gasteiger partial charge in [-0.15, -0.1) is 0 Å². The first-order chi connectivity index (χ1) is 15.6. The minimum Gasteiger partial charge on any atom is -0.493 e. The van der Waals surface area contributed by atoms with Crippen molar-refractivity contribution in [1.29, 1.82) is 0 Å². The quantitative estimate of drug-likeness (QED) is 0.437. The van der Waals surface area contributed by atoms with Gasteiger partial charge < -0.3 is 30.7 Å². The van der Waals surface area contributed by atoms with Crippen LogP contribution >= 0.6 is 11.6 Å². The van der Waals surface area contributed by atoms with Crippen molar-refractivity contribution in [1.82, 2.24) is 9.80 Å². The second-order valence-corrected chi connectivity index (χ2v) is 8.19. The van der Waals surface area contributed by atoms with Crippen molar-refractivity contribution in [3.8, 4) is 5.75 Å². The molecular weight excluding hydrogens is 454 g/mol. The Bertz CT molecular complexity index is 767. The zero-order chi connectivity index (χ0) is 25.0. The number of carboxylic acid groups (broad SMARTS) is 2. The van der Waals surface area contributed by atoms with Crippen molar-refractivity contribution >= 4 is 29.4 Å². The highest BCUT2D eigenvalue weighted by molar-refractivity contribution is 6.30. The molecule has 1 aromatic rings. The number of aliphatic hydroxyl groups is 1. The number of benzene rings is 1. The summed E-state index contributed by atoms with van der Waals surface area (Å²) in [4.78, 5) is 35.0. The molecule has 0 saturated carbocycles. The number of aliphatic hydroxyl groups excluding tert-OH is 1. The fourth-order valence-electron chi connectivity index (χ4n) is 3.60. The molecule has 11 heteroatoms. The van der Waals surface area contributed by atoms with Gasteiger partial charge in [0, 0.05) is 32.0 Å². The molecule has 5 N–H and O–H groups in total. The van der Waals surface area contributed by atoms with Crippen LogP contribution in [0.3, 0.4) is 0 Å². The second kappa shape index (κ2) is 14.7. The third kappa shape index (κ3) is 10.4. The minimum atomic E-state index is -0.833. The van der Waals surface area contributed by atoms with Crippen LogP contribution in [0.1, 0.15) is 43.5 Å². The van der Waals surface area contributed by atoms with E-state index in [1.165, 1.54) is 0 Å². The highest BCUT2D eigenvalue weighted by Crippen LogP contribution is 2.28. The molecule has 3 rings (SSSR count). The molecule has 0 bridgehead atoms. The predicted molar refractivity (Wildman–Crippen MR) is 124 cm³/mol. The molecule has 1 aromatic carbocycles. The number of carbonyl (C=O) groups excluding carboxylic acids is 1. The van der Waals surface area contributed by atoms with E-state index in [0.717, 1.165) is 39.8 Å². The summed E-state index contributed by atoms with van der Waals surface area (Å²) >= 11 is 6.05. The first-order valence-electron chi connectivity index (χ1n) is 10.8. The van der Waals surface area contributed by atoms with Gasteiger partial charge in [-0.3, -0.25) is 19.3 Å². The second-order valence-electron chi connectivity index (χ2n) is 7.76. The summed E-state index contributed by atoms with van der Waals surface area (Å²) in [5, 5.41) is 25.8. The molecule has 2 heterocycles. The normalized spacial score (nSPS) is 19.7. The van der Waals surface area contributed by atoms with E-state index in [-0.39, 0.29) is 11.9 Å². The van der Waals surface area contributed by atoms with Crippen LogP contribution in [0.25, 0.3) is 0 Å². The number of nitrogens with zero attached hydrogens (tertiary/aromatic N) is 2. The van der Waals surface area contributed by atoms with Gasteiger partial charge in [-0.05, 0) is 57.1 Å². The van der Waals surface area contributed by atoms with Gasteiger partial charge >= 0.3 is 0 Å². The molecule has 2 aliphatic rings. The van der Waals surface area contributed by atoms with Gasteiger partial charge in [0.15, 0.2) is 0 Å². The number of nitrogens with two attached hydrogens (primary N) is 1. The van der Waals surface area contributed by atoms with Crippen molar-refractivity contribution in [2.75, 3.05) is 39.3 Å². The smallest absolute Gasteiger partial charge is 0.300 e. The average molecular weight is 488 g/mol. The molecule has 2 aliphatic heterocycles. The molecule has 0 aromatic heterocycles. The molecule has 2 saturated heterocycles. The lowest BCUT2D eigenvalue weighted by Gasteiger charge is -2.25. The van der Waals surface area contributed by atoms with E-state index < -0.39 is 18.0 Å². The number of amides is 1. The Hall–Kier alpha value is -2.40. The maximum Gasteiger partial charge on any atom is 0.300 e. The maximum absolute atomic E-state index is 13.0. The van der Waals surface area contributed by atoms with Crippen LogP contribution in [0.2, 0.25) is 5.02 Å². The number of β-amino-alcohol motifs (C(OH)–C–C–N with tert-alkyl or cyclic N) is 1. The Labute approximate surface area is 198 Å². The highest BCUT2D eigenvalue weighted by Gasteiger charge is 2.39. The summed E-state index contributed by atoms with van der Waals surface area (Å²) in [6.07, 6.45) is 2.52. The van der Waals surface area contributed by atoms with Gasteiger partial charge in [0.05, 0.1) is 24.3 Å². The Kier molecular flexibility index (Phi) is 12.7. The molecule has 2 fully saturated rings. The number of hydrogen-bond acceptors (Lipinski definition) is 7. The van der Waals surface area contributed by atoms with Crippen molar-refractivity contribution < 1.29 is 34.4 Å². The molecule has 10 nitrogen and oxygen atoms in total. The third-order valence-corrected chi connectivity index (χ3v) is 5.17. The third-order valence-electron chi connectivity index (χ3n) is 4.94. The molecule has 2 atom stereocenters. The number of rotatable bonds is 6. The van der Waals surface area contributed by atoms with E-state index in [1.54, 1.807) is 23.1 Å². The Morgan fingerprint density at radius 3 is 2.24 bits per heavy atom. The molecule has 0 aliphatic carbocycles. The van der Waals surface area contributed by atoms with Crippen molar-refractivity contribution in [2.45, 2.75) is 45.3 Å². The Balaban J connectivity index is 0.000000591. The van der Waals surface area contributed by atoms with E-state index in [1.807, 2.05) is 0 Å². The Morgan fingerprint density at radius 2 is 1.70 bits per heavy atom. The summed E-state index contributed by atoms with van der Waals surface area (Å²) in [7, 11) is 0. The summed E-state index contributed by atoms with van der Waals surface area (Å²) in [6, 6.07) is 5.07. The number of hydrogen-bond donors (Lipinski definition) is 4. The highest BCUT2D eigenvalue weighted by atomic mass is 35.5. The molecule has 0 radical (unpaired) electrons. The summed E-state index contributed by atoms with van der Waals surface area (Å²) in [5.74, 6) is -1.31. The lowest BCUT2D eigenvalue weighted by Crippen LogP contribution is -2.41. The molecule has 1 amide bonds. The SMILES string of the molecule is CC(=O)O.CC(=O)O.NCCCOc1cc(Cl)ccc1C(=O)N1C[C@H](O)[C@@H](N2CCCC2)C1. The fourth-order valence-corrected chi connectivity index (χ4v) is 3.76. The number of carboxylic acids is 2. The van der Waals surface area contributed by atoms with Crippen LogP contribution in [0.5, 0.6) is 5.75 Å². The largest absolute Gasteiger partial charge is 0.493 e. The monoisotopic (exact) mass is 487 g/mol. The van der Waals surface area contributed by atoms with Gasteiger partial charge in [0.25, 0.3) is 17.8 Å². The number of carbonyl (C=O) groups is 3.